The van der Waals surface area contributed by atoms with Crippen LogP contribution in [0, 0.1) is 11.3 Å². The number of allylic oxidation sites excluding steroid dienone is 5. The van der Waals surface area contributed by atoms with Crippen LogP contribution in [-0.2, 0) is 4.79 Å². The van der Waals surface area contributed by atoms with Crippen LogP contribution in [0.4, 0.5) is 0 Å². The van der Waals surface area contributed by atoms with Crippen LogP contribution in [0.3, 0.4) is 0 Å². The summed E-state index contributed by atoms with van der Waals surface area (Å²) in [6.07, 6.45) is 8.38. The molecule has 0 aromatic rings. The Morgan fingerprint density at radius 1 is 1.47 bits per heavy atom. The van der Waals surface area contributed by atoms with Crippen LogP contribution >= 0.6 is 0 Å². The first-order chi connectivity index (χ1) is 8.14. The number of ketones is 1. The number of hydrogen-bond acceptors (Lipinski definition) is 2. The zero-order chi connectivity index (χ0) is 11.8. The lowest BCUT2D eigenvalue weighted by Gasteiger charge is -2.33. The first-order valence-corrected chi connectivity index (χ1v) is 6.58. The second-order valence-corrected chi connectivity index (χ2v) is 6.01. The number of carbonyl (C=O) groups is 1. The summed E-state index contributed by atoms with van der Waals surface area (Å²) in [7, 11) is 0. The van der Waals surface area contributed by atoms with E-state index in [1.165, 1.54) is 17.7 Å². The minimum atomic E-state index is 0.229. The summed E-state index contributed by atoms with van der Waals surface area (Å²) in [4.78, 5) is 14.6. The molecule has 1 saturated heterocycles. The van der Waals surface area contributed by atoms with E-state index in [9.17, 15) is 4.79 Å². The number of rotatable bonds is 1. The van der Waals surface area contributed by atoms with Crippen molar-refractivity contribution in [3.63, 3.8) is 0 Å². The average Bonchev–Trinajstić information content (AvgIpc) is 2.71. The zero-order valence-corrected chi connectivity index (χ0v) is 10.4. The first-order valence-electron chi connectivity index (χ1n) is 6.58. The van der Waals surface area contributed by atoms with Gasteiger partial charge in [-0.25, -0.2) is 0 Å². The van der Waals surface area contributed by atoms with E-state index in [2.05, 4.69) is 24.8 Å². The van der Waals surface area contributed by atoms with E-state index in [-0.39, 0.29) is 11.2 Å². The van der Waals surface area contributed by atoms with Gasteiger partial charge >= 0.3 is 0 Å². The normalized spacial score (nSPS) is 37.4. The molecular formula is C15H17NO. The fraction of sp³-hybridized carbons (Fsp3) is 0.533. The molecule has 0 N–H and O–H groups in total. The zero-order valence-electron chi connectivity index (χ0n) is 10.4. The van der Waals surface area contributed by atoms with Gasteiger partial charge in [0.2, 0.25) is 0 Å². The van der Waals surface area contributed by atoms with E-state index < -0.39 is 0 Å². The fourth-order valence-electron chi connectivity index (χ4n) is 4.04. The highest BCUT2D eigenvalue weighted by atomic mass is 16.1. The Hall–Kier alpha value is -1.31. The van der Waals surface area contributed by atoms with E-state index in [1.54, 1.807) is 0 Å². The molecule has 0 aromatic carbocycles. The molecule has 2 fully saturated rings. The van der Waals surface area contributed by atoms with Crippen molar-refractivity contribution in [3.05, 3.63) is 35.1 Å². The van der Waals surface area contributed by atoms with Crippen LogP contribution < -0.4 is 0 Å². The molecule has 88 valence electrons. The Labute approximate surface area is 102 Å². The Kier molecular flexibility index (Phi) is 1.56. The third-order valence-electron chi connectivity index (χ3n) is 4.92. The molecule has 1 aliphatic heterocycles. The molecule has 4 aliphatic rings. The van der Waals surface area contributed by atoms with Crippen molar-refractivity contribution in [1.82, 2.24) is 4.90 Å². The van der Waals surface area contributed by atoms with Gasteiger partial charge in [0.05, 0.1) is 0 Å². The molecule has 0 amide bonds. The minimum Gasteiger partial charge on any atom is -0.371 e. The van der Waals surface area contributed by atoms with E-state index in [4.69, 9.17) is 0 Å². The van der Waals surface area contributed by atoms with E-state index in [1.807, 2.05) is 12.2 Å². The lowest BCUT2D eigenvalue weighted by Crippen LogP contribution is -2.32. The second kappa shape index (κ2) is 2.74. The SMILES string of the molecule is CC(C)N1CC2CC23C1=CC(=O)C1=C3CC=C1. The third-order valence-corrected chi connectivity index (χ3v) is 4.92. The topological polar surface area (TPSA) is 20.3 Å². The third kappa shape index (κ3) is 0.958. The van der Waals surface area contributed by atoms with Crippen LogP contribution in [0.15, 0.2) is 35.1 Å². The summed E-state index contributed by atoms with van der Waals surface area (Å²) in [5.41, 5.74) is 4.02. The van der Waals surface area contributed by atoms with Crippen molar-refractivity contribution in [2.75, 3.05) is 6.54 Å². The van der Waals surface area contributed by atoms with Gasteiger partial charge in [0.15, 0.2) is 5.78 Å². The van der Waals surface area contributed by atoms with E-state index in [0.717, 1.165) is 24.5 Å². The van der Waals surface area contributed by atoms with Gasteiger partial charge in [-0.3, -0.25) is 4.79 Å². The molecule has 0 bridgehead atoms. The van der Waals surface area contributed by atoms with Crippen LogP contribution in [-0.4, -0.2) is 23.3 Å². The van der Waals surface area contributed by atoms with Crippen molar-refractivity contribution in [3.8, 4) is 0 Å². The smallest absolute Gasteiger partial charge is 0.187 e. The standard InChI is InChI=1S/C15H17NO/c1-9(2)16-8-10-7-15(10)12-5-3-4-11(12)13(17)6-14(15)16/h3-4,6,9-10H,5,7-8H2,1-2H3. The molecule has 0 radical (unpaired) electrons. The fourth-order valence-corrected chi connectivity index (χ4v) is 4.04. The Morgan fingerprint density at radius 2 is 2.29 bits per heavy atom. The minimum absolute atomic E-state index is 0.229. The lowest BCUT2D eigenvalue weighted by atomic mass is 9.82. The molecule has 17 heavy (non-hydrogen) atoms. The number of carbonyl (C=O) groups excluding carboxylic acids is 1. The number of likely N-dealkylation sites (tertiary alicyclic amines) is 1. The molecule has 1 saturated carbocycles. The quantitative estimate of drug-likeness (QED) is 0.685. The number of piperidine rings is 1. The van der Waals surface area contributed by atoms with Crippen LogP contribution in [0.2, 0.25) is 0 Å². The maximum absolute atomic E-state index is 12.1. The van der Waals surface area contributed by atoms with Gasteiger partial charge in [0, 0.05) is 35.3 Å². The van der Waals surface area contributed by atoms with Gasteiger partial charge in [-0.15, -0.1) is 0 Å². The van der Waals surface area contributed by atoms with Crippen molar-refractivity contribution in [2.45, 2.75) is 32.7 Å². The average molecular weight is 227 g/mol. The highest BCUT2D eigenvalue weighted by molar-refractivity contribution is 6.09. The number of hydrogen-bond donors (Lipinski definition) is 0. The monoisotopic (exact) mass is 227 g/mol. The van der Waals surface area contributed by atoms with Gasteiger partial charge in [-0.2, -0.15) is 0 Å². The molecule has 2 unspecified atom stereocenters. The summed E-state index contributed by atoms with van der Waals surface area (Å²) in [5, 5.41) is 0. The summed E-state index contributed by atoms with van der Waals surface area (Å²) in [6, 6.07) is 0.509. The van der Waals surface area contributed by atoms with E-state index >= 15 is 0 Å². The summed E-state index contributed by atoms with van der Waals surface area (Å²) in [5.74, 6) is 1.00. The maximum atomic E-state index is 12.1. The molecule has 1 spiro atoms. The van der Waals surface area contributed by atoms with Crippen LogP contribution in [0.25, 0.3) is 0 Å². The van der Waals surface area contributed by atoms with Gasteiger partial charge in [-0.05, 0) is 38.2 Å². The Morgan fingerprint density at radius 3 is 3.06 bits per heavy atom. The van der Waals surface area contributed by atoms with Crippen molar-refractivity contribution >= 4 is 5.78 Å². The first kappa shape index (κ1) is 9.69. The van der Waals surface area contributed by atoms with Crippen LogP contribution in [0.1, 0.15) is 26.7 Å². The van der Waals surface area contributed by atoms with Crippen molar-refractivity contribution in [2.24, 2.45) is 11.3 Å². The highest BCUT2D eigenvalue weighted by Gasteiger charge is 2.67. The van der Waals surface area contributed by atoms with E-state index in [0.29, 0.717) is 6.04 Å². The molecular weight excluding hydrogens is 210 g/mol. The second-order valence-electron chi connectivity index (χ2n) is 6.01. The van der Waals surface area contributed by atoms with Gasteiger partial charge < -0.3 is 4.90 Å². The summed E-state index contributed by atoms with van der Waals surface area (Å²) < 4.78 is 0. The predicted octanol–water partition coefficient (Wildman–Crippen LogP) is 2.44. The Bertz CT molecular complexity index is 523. The molecule has 3 aliphatic carbocycles. The van der Waals surface area contributed by atoms with Crippen LogP contribution in [0.5, 0.6) is 0 Å². The molecule has 1 heterocycles. The molecule has 2 nitrogen and oxygen atoms in total. The van der Waals surface area contributed by atoms with Gasteiger partial charge in [0.25, 0.3) is 0 Å². The summed E-state index contributed by atoms with van der Waals surface area (Å²) in [6.45, 7) is 5.59. The number of nitrogens with zero attached hydrogens (tertiary/aromatic N) is 1. The lowest BCUT2D eigenvalue weighted by molar-refractivity contribution is -0.111. The molecule has 2 heteroatoms. The van der Waals surface area contributed by atoms with Gasteiger partial charge in [-0.1, -0.05) is 12.2 Å². The largest absolute Gasteiger partial charge is 0.371 e. The maximum Gasteiger partial charge on any atom is 0.187 e. The molecule has 2 atom stereocenters. The van der Waals surface area contributed by atoms with Crippen molar-refractivity contribution < 1.29 is 4.79 Å². The molecule has 4 rings (SSSR count). The predicted molar refractivity (Wildman–Crippen MR) is 66.3 cm³/mol. The van der Waals surface area contributed by atoms with Gasteiger partial charge in [0.1, 0.15) is 0 Å². The highest BCUT2D eigenvalue weighted by Crippen LogP contribution is 2.71. The van der Waals surface area contributed by atoms with Crippen molar-refractivity contribution in [1.29, 1.82) is 0 Å². The Balaban J connectivity index is 1.85. The molecule has 0 aromatic heterocycles. The summed E-state index contributed by atoms with van der Waals surface area (Å²) >= 11 is 0.